The van der Waals surface area contributed by atoms with Gasteiger partial charge in [-0.15, -0.1) is 0 Å². The van der Waals surface area contributed by atoms with E-state index >= 15 is 0 Å². The van der Waals surface area contributed by atoms with E-state index in [9.17, 15) is 125 Å². The molecule has 56 heteroatoms. The van der Waals surface area contributed by atoms with Gasteiger partial charge in [-0.25, -0.2) is 0 Å². The molecule has 0 bridgehead atoms. The lowest BCUT2D eigenvalue weighted by molar-refractivity contribution is -0.391. The first-order chi connectivity index (χ1) is 64.6. The van der Waals surface area contributed by atoms with Crippen molar-refractivity contribution in [1.29, 1.82) is 0 Å². The summed E-state index contributed by atoms with van der Waals surface area (Å²) in [6.07, 6.45) is -67.7. The molecule has 0 radical (unpaired) electrons. The number of ether oxygens (including phenoxy) is 15. The molecule has 8 rings (SSSR count). The SMILES string of the molecule is NC(=O)CCCSCC1CC(O)C(O)C(OC2C(CSCCCC(N)=O)OC(OC3C(CSCCCC(N)=O)OC(OC4C(CSCCCC(N)=O)OC(OC5C(CSCCCC(N)=O)OC(OC6C(CSCCCC(N)=O)OC(OC7C(CSCCCC(N)=O)OC(OC8C(CSCCCC(N)=O)OC(O)C(O)C8O)C(O)C7O)C(O)C6O)C(O)C5O)C(O)C4O)C(O)C3O)C(O)C2O)O1. The van der Waals surface area contributed by atoms with Crippen LogP contribution in [0.3, 0.4) is 0 Å². The quantitative estimate of drug-likeness (QED) is 0.0251. The Balaban J connectivity index is 1.02. The summed E-state index contributed by atoms with van der Waals surface area (Å²) in [4.78, 5) is 93.8. The number of hydrogen-bond donors (Lipinski definition) is 25. The van der Waals surface area contributed by atoms with E-state index in [0.717, 1.165) is 47.0 Å². The highest BCUT2D eigenvalue weighted by atomic mass is 32.2. The van der Waals surface area contributed by atoms with Crippen molar-refractivity contribution in [2.75, 3.05) is 92.0 Å². The van der Waals surface area contributed by atoms with Gasteiger partial charge >= 0.3 is 0 Å². The average molecular weight is 2110 g/mol. The normalized spacial score (nSPS) is 38.4. The molecule has 8 aliphatic rings. The minimum absolute atomic E-state index is 0.00779. The Bertz CT molecular complexity index is 3570. The van der Waals surface area contributed by atoms with Gasteiger partial charge in [0.15, 0.2) is 50.3 Å². The van der Waals surface area contributed by atoms with Crippen LogP contribution in [0.1, 0.15) is 109 Å². The molecule has 8 saturated heterocycles. The number of primary amides is 8. The minimum atomic E-state index is -2.22. The molecular weight excluding hydrogens is 1970 g/mol. The van der Waals surface area contributed by atoms with Gasteiger partial charge in [-0.1, -0.05) is 0 Å². The first-order valence-corrected chi connectivity index (χ1v) is 54.2. The van der Waals surface area contributed by atoms with Gasteiger partial charge in [-0.05, 0) is 97.4 Å². The third-order valence-corrected chi connectivity index (χ3v) is 32.2. The Labute approximate surface area is 819 Å². The van der Waals surface area contributed by atoms with Crippen LogP contribution < -0.4 is 45.9 Å². The van der Waals surface area contributed by atoms with Crippen LogP contribution in [0.15, 0.2) is 0 Å². The first kappa shape index (κ1) is 119. The average Bonchev–Trinajstić information content (AvgIpc) is 0.773. The Hall–Kier alpha value is -2.72. The van der Waals surface area contributed by atoms with Gasteiger partial charge in [-0.3, -0.25) is 38.4 Å². The predicted octanol–water partition coefficient (Wildman–Crippen LogP) is -9.37. The van der Waals surface area contributed by atoms with Crippen LogP contribution in [0.2, 0.25) is 0 Å². The summed E-state index contributed by atoms with van der Waals surface area (Å²) >= 11 is 9.53. The minimum Gasteiger partial charge on any atom is -0.390 e. The van der Waals surface area contributed by atoms with E-state index in [4.69, 9.17) is 117 Å². The van der Waals surface area contributed by atoms with Gasteiger partial charge in [0.1, 0.15) is 134 Å². The summed E-state index contributed by atoms with van der Waals surface area (Å²) < 4.78 is 94.5. The monoisotopic (exact) mass is 2110 g/mol. The van der Waals surface area contributed by atoms with Crippen molar-refractivity contribution in [2.24, 2.45) is 45.9 Å². The van der Waals surface area contributed by atoms with Gasteiger partial charge in [0.25, 0.3) is 0 Å². The van der Waals surface area contributed by atoms with Crippen molar-refractivity contribution >= 4 is 141 Å². The third-order valence-electron chi connectivity index (χ3n) is 23.0. The number of aliphatic hydroxyl groups excluding tert-OH is 17. The van der Waals surface area contributed by atoms with Gasteiger partial charge in [0.05, 0.1) is 54.9 Å². The number of aliphatic hydroxyl groups is 17. The molecule has 0 aromatic rings. The Kier molecular flexibility index (Phi) is 52.6. The molecule has 136 heavy (non-hydrogen) atoms. The van der Waals surface area contributed by atoms with Crippen molar-refractivity contribution in [2.45, 2.75) is 349 Å². The van der Waals surface area contributed by atoms with Crippen molar-refractivity contribution < 1.29 is 196 Å². The van der Waals surface area contributed by atoms with Gasteiger partial charge in [0.2, 0.25) is 47.3 Å². The molecule has 0 aromatic carbocycles. The number of carbonyl (C=O) groups is 8. The summed E-state index contributed by atoms with van der Waals surface area (Å²) in [6.45, 7) is 0. The lowest BCUT2D eigenvalue weighted by atomic mass is 9.95. The van der Waals surface area contributed by atoms with Gasteiger partial charge in [-0.2, -0.15) is 94.1 Å². The Morgan fingerprint density at radius 3 is 0.559 bits per heavy atom. The number of rotatable bonds is 62. The van der Waals surface area contributed by atoms with E-state index in [1.54, 1.807) is 0 Å². The molecule has 39 atom stereocenters. The molecule has 786 valence electrons. The second-order valence-corrected chi connectivity index (χ2v) is 43.2. The Morgan fingerprint density at radius 1 is 0.213 bits per heavy atom. The van der Waals surface area contributed by atoms with Crippen molar-refractivity contribution in [3.05, 3.63) is 0 Å². The van der Waals surface area contributed by atoms with Crippen LogP contribution in [0, 0.1) is 0 Å². The van der Waals surface area contributed by atoms with Crippen molar-refractivity contribution in [3.63, 3.8) is 0 Å². The number of thioether (sulfide) groups is 8. The van der Waals surface area contributed by atoms with Crippen LogP contribution in [-0.2, 0) is 109 Å². The summed E-state index contributed by atoms with van der Waals surface area (Å²) in [5.41, 5.74) is 43.3. The zero-order valence-electron chi connectivity index (χ0n) is 74.7. The molecule has 8 amide bonds. The smallest absolute Gasteiger partial charge is 0.217 e. The number of carbonyl (C=O) groups excluding carboxylic acids is 8. The van der Waals surface area contributed by atoms with E-state index in [1.165, 1.54) is 47.0 Å². The van der Waals surface area contributed by atoms with Crippen LogP contribution in [0.25, 0.3) is 0 Å². The van der Waals surface area contributed by atoms with Crippen LogP contribution in [-0.4, -0.2) is 466 Å². The predicted molar refractivity (Wildman–Crippen MR) is 492 cm³/mol. The van der Waals surface area contributed by atoms with Crippen LogP contribution in [0.5, 0.6) is 0 Å². The second-order valence-electron chi connectivity index (χ2n) is 34.0. The highest BCUT2D eigenvalue weighted by Gasteiger charge is 2.60. The standard InChI is InChI=1S/C80H138N8O40S8/c81-43(90)9-1-17-129-26-34-25-35(89)51(98)74(114-34)122-67-37(28-131-19-3-11-45(83)92)116-76(60(107)53(67)100)124-69-39(30-133-21-5-13-47(85)94)118-78(62(109)55(69)102)126-71-41(32-135-23-7-15-49(87)96)120-80(64(111)57(71)104)128-72-42(33-136-24-8-16-50(88)97)121-79(65(112)58(72)105)127-70-40(31-134-22-6-14-48(86)95)119-77(63(110)56(70)103)125-68-38(29-132-20-4-12-46(84)93)117-75(61(108)54(68)101)123-66-36(27-130-18-2-10-44(82)91)115-73(113)59(106)52(66)99/h34-42,51-80,89,98-113H,1-33H2,(H2,81,90)(H2,82,91)(H2,83,92)(H2,84,93)(H2,85,94)(H2,86,95)(H2,87,96)(H2,88,97). The van der Waals surface area contributed by atoms with E-state index in [2.05, 4.69) is 0 Å². The summed E-state index contributed by atoms with van der Waals surface area (Å²) in [7, 11) is 0. The zero-order chi connectivity index (χ0) is 99.7. The maximum absolute atomic E-state index is 12.5. The van der Waals surface area contributed by atoms with Crippen molar-refractivity contribution in [3.8, 4) is 0 Å². The fourth-order valence-corrected chi connectivity index (χ4v) is 23.9. The number of hydrogen-bond acceptors (Lipinski definition) is 48. The highest BCUT2D eigenvalue weighted by molar-refractivity contribution is 8.00. The molecule has 39 unspecified atom stereocenters. The molecule has 8 heterocycles. The second kappa shape index (κ2) is 60.4. The molecule has 0 saturated carbocycles. The number of nitrogens with two attached hydrogens (primary N) is 8. The molecule has 0 aliphatic carbocycles. The third kappa shape index (κ3) is 37.0. The van der Waals surface area contributed by atoms with E-state index < -0.39 is 287 Å². The molecule has 48 nitrogen and oxygen atoms in total. The molecule has 0 spiro atoms. The van der Waals surface area contributed by atoms with Crippen molar-refractivity contribution in [1.82, 2.24) is 0 Å². The Morgan fingerprint density at radius 2 is 0.375 bits per heavy atom. The molecule has 8 fully saturated rings. The van der Waals surface area contributed by atoms with E-state index in [-0.39, 0.29) is 165 Å². The zero-order valence-corrected chi connectivity index (χ0v) is 81.3. The van der Waals surface area contributed by atoms with Gasteiger partial charge < -0.3 is 204 Å². The van der Waals surface area contributed by atoms with E-state index in [1.807, 2.05) is 0 Å². The molecule has 33 N–H and O–H groups in total. The maximum Gasteiger partial charge on any atom is 0.217 e. The first-order valence-electron chi connectivity index (χ1n) is 44.9. The van der Waals surface area contributed by atoms with Gasteiger partial charge in [0, 0.05) is 104 Å². The largest absolute Gasteiger partial charge is 0.390 e. The topological polar surface area (TPSA) is 827 Å². The number of amides is 8. The molecular formula is C80H138N8O40S8. The highest BCUT2D eigenvalue weighted by Crippen LogP contribution is 2.42. The summed E-state index contributed by atoms with van der Waals surface area (Å²) in [6, 6.07) is 0. The van der Waals surface area contributed by atoms with E-state index in [0.29, 0.717) is 36.5 Å². The van der Waals surface area contributed by atoms with Crippen LogP contribution in [0.4, 0.5) is 0 Å². The fraction of sp³-hybridized carbons (Fsp3) is 0.900. The summed E-state index contributed by atoms with van der Waals surface area (Å²) in [5, 5.41) is 202. The van der Waals surface area contributed by atoms with Crippen LogP contribution >= 0.6 is 94.1 Å². The lowest BCUT2D eigenvalue weighted by Gasteiger charge is -2.50. The molecule has 0 aromatic heterocycles. The fourth-order valence-electron chi connectivity index (χ4n) is 15.8. The summed E-state index contributed by atoms with van der Waals surface area (Å²) in [5.74, 6) is -3.09. The maximum atomic E-state index is 12.5. The lowest BCUT2D eigenvalue weighted by Crippen LogP contribution is -2.68. The molecule has 8 aliphatic heterocycles.